The van der Waals surface area contributed by atoms with Gasteiger partial charge in [-0.25, -0.2) is 0 Å². The molecule has 2 rings (SSSR count). The lowest BCUT2D eigenvalue weighted by Crippen LogP contribution is -2.72. The van der Waals surface area contributed by atoms with E-state index < -0.39 is 37.7 Å². The molecule has 6 atom stereocenters. The molecule has 2 heterocycles. The Labute approximate surface area is 159 Å². The standard InChI is InChI=1S/C19H38O6Si/c1-12-14(13-11-22-17(5,6)24-13)23-15(19(8,21)18(12,7)20)25-26(9,10)16(2,3)4/h12-15,20-21H,11H2,1-10H3/t12-,13-,14+,15-,18+,19-/m0/s1. The number of hydrogen-bond acceptors (Lipinski definition) is 6. The minimum atomic E-state index is -2.23. The van der Waals surface area contributed by atoms with Crippen LogP contribution in [0.4, 0.5) is 0 Å². The number of ether oxygens (including phenoxy) is 3. The summed E-state index contributed by atoms with van der Waals surface area (Å²) in [6, 6.07) is 0. The van der Waals surface area contributed by atoms with Crippen LogP contribution in [0.3, 0.4) is 0 Å². The maximum absolute atomic E-state index is 11.2. The number of rotatable bonds is 3. The van der Waals surface area contributed by atoms with Crippen molar-refractivity contribution in [2.24, 2.45) is 5.92 Å². The van der Waals surface area contributed by atoms with Crippen molar-refractivity contribution in [2.75, 3.05) is 6.61 Å². The van der Waals surface area contributed by atoms with Crippen LogP contribution in [0.25, 0.3) is 0 Å². The highest BCUT2D eigenvalue weighted by molar-refractivity contribution is 6.74. The summed E-state index contributed by atoms with van der Waals surface area (Å²) in [4.78, 5) is 0. The molecule has 2 saturated heterocycles. The van der Waals surface area contributed by atoms with Crippen molar-refractivity contribution in [1.29, 1.82) is 0 Å². The fourth-order valence-electron chi connectivity index (χ4n) is 3.29. The molecule has 154 valence electrons. The summed E-state index contributed by atoms with van der Waals surface area (Å²) >= 11 is 0. The molecule has 0 spiro atoms. The molecule has 0 aromatic heterocycles. The fraction of sp³-hybridized carbons (Fsp3) is 1.00. The van der Waals surface area contributed by atoms with Crippen LogP contribution in [0.2, 0.25) is 18.1 Å². The van der Waals surface area contributed by atoms with E-state index in [9.17, 15) is 10.2 Å². The maximum atomic E-state index is 11.2. The summed E-state index contributed by atoms with van der Waals surface area (Å²) in [6.45, 7) is 19.8. The molecular formula is C19H38O6Si. The summed E-state index contributed by atoms with van der Waals surface area (Å²) < 4.78 is 24.3. The van der Waals surface area contributed by atoms with Gasteiger partial charge >= 0.3 is 0 Å². The normalized spacial score (nSPS) is 44.3. The third-order valence-electron chi connectivity index (χ3n) is 6.75. The van der Waals surface area contributed by atoms with Crippen LogP contribution >= 0.6 is 0 Å². The van der Waals surface area contributed by atoms with Gasteiger partial charge < -0.3 is 28.8 Å². The average molecular weight is 391 g/mol. The van der Waals surface area contributed by atoms with Gasteiger partial charge in [-0.05, 0) is 45.8 Å². The molecule has 0 aromatic rings. The molecule has 2 aliphatic heterocycles. The highest BCUT2D eigenvalue weighted by Crippen LogP contribution is 2.47. The minimum Gasteiger partial charge on any atom is -0.390 e. The Hall–Kier alpha value is -0.0231. The second-order valence-electron chi connectivity index (χ2n) is 10.3. The van der Waals surface area contributed by atoms with Gasteiger partial charge in [0.1, 0.15) is 17.3 Å². The van der Waals surface area contributed by atoms with Gasteiger partial charge in [0.25, 0.3) is 0 Å². The van der Waals surface area contributed by atoms with Crippen LogP contribution in [-0.4, -0.2) is 60.6 Å². The Bertz CT molecular complexity index is 523. The van der Waals surface area contributed by atoms with Gasteiger partial charge in [0.2, 0.25) is 0 Å². The minimum absolute atomic E-state index is 0.0498. The van der Waals surface area contributed by atoms with Gasteiger partial charge in [0.05, 0.1) is 12.7 Å². The molecule has 0 amide bonds. The Morgan fingerprint density at radius 2 is 1.58 bits per heavy atom. The predicted molar refractivity (Wildman–Crippen MR) is 102 cm³/mol. The first-order chi connectivity index (χ1) is 11.4. The van der Waals surface area contributed by atoms with Crippen LogP contribution in [0.1, 0.15) is 55.4 Å². The van der Waals surface area contributed by atoms with Crippen LogP contribution in [-0.2, 0) is 18.6 Å². The summed E-state index contributed by atoms with van der Waals surface area (Å²) in [7, 11) is -2.23. The lowest BCUT2D eigenvalue weighted by molar-refractivity contribution is -0.345. The molecule has 0 aromatic carbocycles. The molecule has 0 aliphatic carbocycles. The smallest absolute Gasteiger partial charge is 0.195 e. The van der Waals surface area contributed by atoms with Crippen molar-refractivity contribution in [2.45, 2.75) is 109 Å². The Morgan fingerprint density at radius 1 is 1.04 bits per heavy atom. The first-order valence-electron chi connectivity index (χ1n) is 9.52. The zero-order valence-electron chi connectivity index (χ0n) is 18.0. The highest BCUT2D eigenvalue weighted by atomic mass is 28.4. The van der Waals surface area contributed by atoms with Gasteiger partial charge in [-0.15, -0.1) is 0 Å². The van der Waals surface area contributed by atoms with Gasteiger partial charge in [0, 0.05) is 5.92 Å². The Kier molecular flexibility index (Phi) is 5.57. The monoisotopic (exact) mass is 390 g/mol. The van der Waals surface area contributed by atoms with Crippen LogP contribution < -0.4 is 0 Å². The first-order valence-corrected chi connectivity index (χ1v) is 12.4. The molecule has 0 unspecified atom stereocenters. The molecule has 2 aliphatic rings. The fourth-order valence-corrected chi connectivity index (χ4v) is 4.46. The quantitative estimate of drug-likeness (QED) is 0.721. The molecule has 2 N–H and O–H groups in total. The molecule has 7 heteroatoms. The zero-order valence-corrected chi connectivity index (χ0v) is 19.0. The Morgan fingerprint density at radius 3 is 2.00 bits per heavy atom. The zero-order chi connectivity index (χ0) is 20.3. The molecular weight excluding hydrogens is 352 g/mol. The lowest BCUT2D eigenvalue weighted by Gasteiger charge is -2.56. The van der Waals surface area contributed by atoms with Crippen molar-refractivity contribution >= 4 is 8.32 Å². The molecule has 0 saturated carbocycles. The molecule has 0 bridgehead atoms. The second kappa shape index (κ2) is 6.51. The van der Waals surface area contributed by atoms with Crippen LogP contribution in [0, 0.1) is 5.92 Å². The molecule has 2 fully saturated rings. The number of hydrogen-bond donors (Lipinski definition) is 2. The molecule has 0 radical (unpaired) electrons. The van der Waals surface area contributed by atoms with Crippen molar-refractivity contribution in [3.63, 3.8) is 0 Å². The van der Waals surface area contributed by atoms with Crippen molar-refractivity contribution in [1.82, 2.24) is 0 Å². The van der Waals surface area contributed by atoms with E-state index in [1.807, 2.05) is 20.8 Å². The SMILES string of the molecule is C[C@H]1[C@H]([C@@H]2COC(C)(C)O2)O[C@@H](O[Si](C)(C)C(C)(C)C)[C@](C)(O)[C@]1(C)O. The van der Waals surface area contributed by atoms with E-state index in [1.165, 1.54) is 0 Å². The predicted octanol–water partition coefficient (Wildman–Crippen LogP) is 3.02. The third kappa shape index (κ3) is 3.77. The van der Waals surface area contributed by atoms with Crippen LogP contribution in [0.5, 0.6) is 0 Å². The van der Waals surface area contributed by atoms with E-state index in [0.29, 0.717) is 6.61 Å². The van der Waals surface area contributed by atoms with Gasteiger partial charge in [-0.1, -0.05) is 27.7 Å². The van der Waals surface area contributed by atoms with E-state index in [2.05, 4.69) is 33.9 Å². The summed E-state index contributed by atoms with van der Waals surface area (Å²) in [5.74, 6) is -1.05. The summed E-state index contributed by atoms with van der Waals surface area (Å²) in [5.41, 5.74) is -2.95. The van der Waals surface area contributed by atoms with E-state index >= 15 is 0 Å². The van der Waals surface area contributed by atoms with E-state index in [4.69, 9.17) is 18.6 Å². The second-order valence-corrected chi connectivity index (χ2v) is 15.0. The average Bonchev–Trinajstić information content (AvgIpc) is 2.79. The maximum Gasteiger partial charge on any atom is 0.195 e. The summed E-state index contributed by atoms with van der Waals surface area (Å²) in [5, 5.41) is 22.3. The van der Waals surface area contributed by atoms with E-state index in [0.717, 1.165) is 0 Å². The van der Waals surface area contributed by atoms with Gasteiger partial charge in [0.15, 0.2) is 20.4 Å². The van der Waals surface area contributed by atoms with E-state index in [-0.39, 0.29) is 17.1 Å². The first kappa shape index (κ1) is 22.3. The van der Waals surface area contributed by atoms with Crippen molar-refractivity contribution in [3.05, 3.63) is 0 Å². The van der Waals surface area contributed by atoms with E-state index in [1.54, 1.807) is 13.8 Å². The Balaban J connectivity index is 2.32. The molecule has 26 heavy (non-hydrogen) atoms. The van der Waals surface area contributed by atoms with Crippen LogP contribution in [0.15, 0.2) is 0 Å². The van der Waals surface area contributed by atoms with Gasteiger partial charge in [-0.3, -0.25) is 0 Å². The van der Waals surface area contributed by atoms with Gasteiger partial charge in [-0.2, -0.15) is 0 Å². The van der Waals surface area contributed by atoms with Crippen molar-refractivity contribution in [3.8, 4) is 0 Å². The largest absolute Gasteiger partial charge is 0.390 e. The highest BCUT2D eigenvalue weighted by Gasteiger charge is 2.62. The molecule has 6 nitrogen and oxygen atoms in total. The third-order valence-corrected chi connectivity index (χ3v) is 11.2. The number of aliphatic hydroxyl groups is 2. The lowest BCUT2D eigenvalue weighted by atomic mass is 9.70. The van der Waals surface area contributed by atoms with Crippen molar-refractivity contribution < 1.29 is 28.8 Å². The summed E-state index contributed by atoms with van der Waals surface area (Å²) in [6.07, 6.45) is -1.71. The topological polar surface area (TPSA) is 77.4 Å².